The van der Waals surface area contributed by atoms with Crippen LogP contribution in [0.25, 0.3) is 0 Å². The molecule has 3 heterocycles. The number of aryl methyl sites for hydroxylation is 2. The topological polar surface area (TPSA) is 84.3 Å². The lowest BCUT2D eigenvalue weighted by molar-refractivity contribution is 0.0733. The van der Waals surface area contributed by atoms with Crippen LogP contribution in [0.15, 0.2) is 65.8 Å². The number of hydrogen-bond donors (Lipinski definition) is 1. The van der Waals surface area contributed by atoms with Gasteiger partial charge in [-0.2, -0.15) is 0 Å². The first-order valence-electron chi connectivity index (χ1n) is 10.8. The standard InChI is InChI=1S/C25H26N4O3/c1-2-27-23(30)22-21-11-15-28(24(31)19-8-12-26-13-9-19)16-20(21)17-29(25(22)32)14-10-18-6-4-3-5-7-18/h3-9,12-13,17H,2,10-11,14-16H2,1H3,(H,27,30). The number of hydrogen-bond acceptors (Lipinski definition) is 4. The molecule has 0 saturated carbocycles. The fraction of sp³-hybridized carbons (Fsp3) is 0.280. The maximum atomic E-state index is 13.2. The van der Waals surface area contributed by atoms with Gasteiger partial charge in [-0.05, 0) is 48.6 Å². The lowest BCUT2D eigenvalue weighted by Gasteiger charge is -2.30. The molecule has 32 heavy (non-hydrogen) atoms. The van der Waals surface area contributed by atoms with Crippen LogP contribution in [0.5, 0.6) is 0 Å². The van der Waals surface area contributed by atoms with E-state index in [9.17, 15) is 14.4 Å². The molecule has 2 amide bonds. The van der Waals surface area contributed by atoms with Gasteiger partial charge in [-0.25, -0.2) is 0 Å². The molecule has 4 rings (SSSR count). The van der Waals surface area contributed by atoms with Crippen molar-refractivity contribution in [1.29, 1.82) is 0 Å². The molecule has 0 unspecified atom stereocenters. The summed E-state index contributed by atoms with van der Waals surface area (Å²) in [5.41, 5.74) is 3.20. The molecule has 164 valence electrons. The molecule has 0 atom stereocenters. The Labute approximate surface area is 186 Å². The van der Waals surface area contributed by atoms with E-state index in [-0.39, 0.29) is 22.9 Å². The molecule has 0 bridgehead atoms. The lowest BCUT2D eigenvalue weighted by atomic mass is 9.95. The van der Waals surface area contributed by atoms with Crippen LogP contribution in [0.3, 0.4) is 0 Å². The number of rotatable bonds is 6. The van der Waals surface area contributed by atoms with E-state index in [1.807, 2.05) is 43.5 Å². The van der Waals surface area contributed by atoms with E-state index in [2.05, 4.69) is 10.3 Å². The molecule has 2 aromatic heterocycles. The van der Waals surface area contributed by atoms with Gasteiger partial charge in [-0.3, -0.25) is 19.4 Å². The Balaban J connectivity index is 1.67. The predicted octanol–water partition coefficient (Wildman–Crippen LogP) is 2.43. The first kappa shape index (κ1) is 21.5. The average Bonchev–Trinajstić information content (AvgIpc) is 2.83. The van der Waals surface area contributed by atoms with Gasteiger partial charge >= 0.3 is 0 Å². The van der Waals surface area contributed by atoms with Crippen LogP contribution in [0.1, 0.15) is 44.3 Å². The molecule has 0 fully saturated rings. The fourth-order valence-electron chi connectivity index (χ4n) is 4.11. The van der Waals surface area contributed by atoms with Gasteiger partial charge in [0.2, 0.25) is 0 Å². The van der Waals surface area contributed by atoms with E-state index in [0.29, 0.717) is 44.6 Å². The van der Waals surface area contributed by atoms with Crippen molar-refractivity contribution >= 4 is 11.8 Å². The molecule has 0 spiro atoms. The van der Waals surface area contributed by atoms with Crippen molar-refractivity contribution in [3.05, 3.63) is 99.2 Å². The Hall–Kier alpha value is -3.74. The molecule has 1 aliphatic heterocycles. The van der Waals surface area contributed by atoms with Crippen LogP contribution >= 0.6 is 0 Å². The molecule has 1 aromatic carbocycles. The van der Waals surface area contributed by atoms with Gasteiger partial charge in [0.25, 0.3) is 17.4 Å². The molecule has 7 nitrogen and oxygen atoms in total. The summed E-state index contributed by atoms with van der Waals surface area (Å²) in [7, 11) is 0. The van der Waals surface area contributed by atoms with Crippen LogP contribution in [0, 0.1) is 0 Å². The third kappa shape index (κ3) is 4.46. The Morgan fingerprint density at radius 2 is 1.84 bits per heavy atom. The summed E-state index contributed by atoms with van der Waals surface area (Å²) in [6.45, 7) is 3.54. The van der Waals surface area contributed by atoms with Gasteiger partial charge in [-0.15, -0.1) is 0 Å². The summed E-state index contributed by atoms with van der Waals surface area (Å²) in [5.74, 6) is -0.434. The van der Waals surface area contributed by atoms with E-state index in [1.165, 1.54) is 0 Å². The number of nitrogens with zero attached hydrogens (tertiary/aromatic N) is 3. The summed E-state index contributed by atoms with van der Waals surface area (Å²) in [6.07, 6.45) is 6.15. The van der Waals surface area contributed by atoms with E-state index in [1.54, 1.807) is 34.0 Å². The average molecular weight is 431 g/mol. The summed E-state index contributed by atoms with van der Waals surface area (Å²) in [6, 6.07) is 13.3. The molecule has 1 aliphatic rings. The highest BCUT2D eigenvalue weighted by molar-refractivity contribution is 5.96. The number of nitrogens with one attached hydrogen (secondary N) is 1. The number of pyridine rings is 2. The maximum absolute atomic E-state index is 13.2. The monoisotopic (exact) mass is 430 g/mol. The van der Waals surface area contributed by atoms with E-state index in [0.717, 1.165) is 16.7 Å². The van der Waals surface area contributed by atoms with Crippen molar-refractivity contribution < 1.29 is 9.59 Å². The zero-order valence-electron chi connectivity index (χ0n) is 18.1. The zero-order chi connectivity index (χ0) is 22.5. The van der Waals surface area contributed by atoms with Gasteiger partial charge in [-0.1, -0.05) is 30.3 Å². The van der Waals surface area contributed by atoms with Crippen LogP contribution in [-0.4, -0.2) is 39.4 Å². The highest BCUT2D eigenvalue weighted by Gasteiger charge is 2.28. The smallest absolute Gasteiger partial charge is 0.263 e. The number of carbonyl (C=O) groups excluding carboxylic acids is 2. The SMILES string of the molecule is CCNC(=O)c1c2c(cn(CCc3ccccc3)c1=O)CN(C(=O)c1ccncc1)CC2. The van der Waals surface area contributed by atoms with Crippen molar-refractivity contribution in [3.8, 4) is 0 Å². The second-order valence-electron chi connectivity index (χ2n) is 7.81. The van der Waals surface area contributed by atoms with Gasteiger partial charge in [0.1, 0.15) is 5.56 Å². The third-order valence-corrected chi connectivity index (χ3v) is 5.73. The maximum Gasteiger partial charge on any atom is 0.263 e. The number of amides is 2. The van der Waals surface area contributed by atoms with Crippen molar-refractivity contribution in [3.63, 3.8) is 0 Å². The quantitative estimate of drug-likeness (QED) is 0.651. The van der Waals surface area contributed by atoms with E-state index < -0.39 is 0 Å². The minimum Gasteiger partial charge on any atom is -0.352 e. The van der Waals surface area contributed by atoms with Crippen LogP contribution < -0.4 is 10.9 Å². The minimum absolute atomic E-state index is 0.0837. The highest BCUT2D eigenvalue weighted by Crippen LogP contribution is 2.22. The predicted molar refractivity (Wildman–Crippen MR) is 122 cm³/mol. The Bertz CT molecular complexity index is 1170. The fourth-order valence-corrected chi connectivity index (χ4v) is 4.11. The van der Waals surface area contributed by atoms with Crippen molar-refractivity contribution in [1.82, 2.24) is 19.8 Å². The zero-order valence-corrected chi connectivity index (χ0v) is 18.1. The molecular formula is C25H26N4O3. The van der Waals surface area contributed by atoms with Gasteiger partial charge in [0, 0.05) is 50.3 Å². The number of benzene rings is 1. The normalized spacial score (nSPS) is 12.8. The Kier molecular flexibility index (Phi) is 6.44. The molecule has 3 aromatic rings. The molecule has 0 aliphatic carbocycles. The summed E-state index contributed by atoms with van der Waals surface area (Å²) in [4.78, 5) is 44.7. The summed E-state index contributed by atoms with van der Waals surface area (Å²) >= 11 is 0. The van der Waals surface area contributed by atoms with Crippen molar-refractivity contribution in [2.45, 2.75) is 32.9 Å². The largest absolute Gasteiger partial charge is 0.352 e. The summed E-state index contributed by atoms with van der Waals surface area (Å²) in [5, 5.41) is 2.77. The van der Waals surface area contributed by atoms with Gasteiger partial charge in [0.05, 0.1) is 0 Å². The highest BCUT2D eigenvalue weighted by atomic mass is 16.2. The van der Waals surface area contributed by atoms with Gasteiger partial charge < -0.3 is 14.8 Å². The number of carbonyl (C=O) groups is 2. The van der Waals surface area contributed by atoms with Crippen LogP contribution in [-0.2, 0) is 25.9 Å². The van der Waals surface area contributed by atoms with Crippen LogP contribution in [0.4, 0.5) is 0 Å². The summed E-state index contributed by atoms with van der Waals surface area (Å²) < 4.78 is 1.61. The number of fused-ring (bicyclic) bond motifs is 1. The molecule has 0 radical (unpaired) electrons. The van der Waals surface area contributed by atoms with Gasteiger partial charge in [0.15, 0.2) is 0 Å². The lowest BCUT2D eigenvalue weighted by Crippen LogP contribution is -2.41. The second kappa shape index (κ2) is 9.60. The first-order chi connectivity index (χ1) is 15.6. The van der Waals surface area contributed by atoms with E-state index >= 15 is 0 Å². The molecule has 0 saturated heterocycles. The van der Waals surface area contributed by atoms with Crippen molar-refractivity contribution in [2.75, 3.05) is 13.1 Å². The van der Waals surface area contributed by atoms with Crippen molar-refractivity contribution in [2.24, 2.45) is 0 Å². The molecular weight excluding hydrogens is 404 g/mol. The Morgan fingerprint density at radius 3 is 2.56 bits per heavy atom. The molecule has 1 N–H and O–H groups in total. The van der Waals surface area contributed by atoms with Crippen LogP contribution in [0.2, 0.25) is 0 Å². The molecule has 7 heteroatoms. The van der Waals surface area contributed by atoms with E-state index in [4.69, 9.17) is 0 Å². The second-order valence-corrected chi connectivity index (χ2v) is 7.81. The number of aromatic nitrogens is 2. The first-order valence-corrected chi connectivity index (χ1v) is 10.8. The third-order valence-electron chi connectivity index (χ3n) is 5.73. The Morgan fingerprint density at radius 1 is 1.09 bits per heavy atom. The minimum atomic E-state index is -0.350.